The second-order valence-electron chi connectivity index (χ2n) is 6.20. The quantitative estimate of drug-likeness (QED) is 0.789. The molecule has 0 saturated carbocycles. The Labute approximate surface area is 118 Å². The minimum absolute atomic E-state index is 0.343. The van der Waals surface area contributed by atoms with E-state index in [9.17, 15) is 0 Å². The van der Waals surface area contributed by atoms with Gasteiger partial charge in [-0.1, -0.05) is 64.4 Å². The lowest BCUT2D eigenvalue weighted by Crippen LogP contribution is -2.46. The third-order valence-corrected chi connectivity index (χ3v) is 5.46. The summed E-state index contributed by atoms with van der Waals surface area (Å²) < 4.78 is 0. The van der Waals surface area contributed by atoms with Crippen LogP contribution in [0.25, 0.3) is 0 Å². The van der Waals surface area contributed by atoms with Gasteiger partial charge in [-0.25, -0.2) is 0 Å². The third kappa shape index (κ3) is 2.72. The maximum absolute atomic E-state index is 3.99. The summed E-state index contributed by atoms with van der Waals surface area (Å²) in [6.07, 6.45) is 5.06. The number of nitrogens with one attached hydrogen (secondary N) is 1. The maximum atomic E-state index is 3.99. The van der Waals surface area contributed by atoms with E-state index in [1.807, 2.05) is 0 Å². The number of hydrogen-bond acceptors (Lipinski definition) is 1. The minimum atomic E-state index is 0.343. The van der Waals surface area contributed by atoms with Crippen LogP contribution in [0.4, 0.5) is 0 Å². The number of benzene rings is 1. The van der Waals surface area contributed by atoms with Gasteiger partial charge in [0.2, 0.25) is 0 Å². The predicted molar refractivity (Wildman–Crippen MR) is 83.2 cm³/mol. The highest BCUT2D eigenvalue weighted by atomic mass is 15.1. The molecule has 1 heteroatoms. The Bertz CT molecular complexity index is 380. The van der Waals surface area contributed by atoms with Gasteiger partial charge in [0.05, 0.1) is 0 Å². The Morgan fingerprint density at radius 3 is 2.32 bits per heavy atom. The summed E-state index contributed by atoms with van der Waals surface area (Å²) in [6.45, 7) is 9.45. The van der Waals surface area contributed by atoms with E-state index >= 15 is 0 Å². The third-order valence-electron chi connectivity index (χ3n) is 5.46. The largest absolute Gasteiger partial charge is 0.304 e. The summed E-state index contributed by atoms with van der Waals surface area (Å²) in [7, 11) is 0. The summed E-state index contributed by atoms with van der Waals surface area (Å²) in [4.78, 5) is 0. The zero-order chi connectivity index (χ0) is 13.9. The molecule has 0 spiro atoms. The molecule has 3 atom stereocenters. The number of hydrogen-bond donors (Lipinski definition) is 1. The van der Waals surface area contributed by atoms with Crippen LogP contribution in [-0.2, 0) is 0 Å². The van der Waals surface area contributed by atoms with Crippen LogP contribution < -0.4 is 5.32 Å². The zero-order valence-corrected chi connectivity index (χ0v) is 12.9. The first kappa shape index (κ1) is 14.6. The molecule has 1 saturated heterocycles. The lowest BCUT2D eigenvalue weighted by Gasteiger charge is -2.37. The van der Waals surface area contributed by atoms with Crippen molar-refractivity contribution in [3.05, 3.63) is 35.9 Å². The molecule has 1 N–H and O–H groups in total. The molecule has 1 heterocycles. The normalized spacial score (nSPS) is 27.4. The zero-order valence-electron chi connectivity index (χ0n) is 12.9. The highest BCUT2D eigenvalue weighted by molar-refractivity contribution is 5.22. The van der Waals surface area contributed by atoms with Crippen LogP contribution in [0.1, 0.15) is 65.0 Å². The predicted octanol–water partition coefficient (Wildman–Crippen LogP) is 4.94. The van der Waals surface area contributed by atoms with E-state index in [-0.39, 0.29) is 0 Å². The van der Waals surface area contributed by atoms with Gasteiger partial charge < -0.3 is 5.32 Å². The summed E-state index contributed by atoms with van der Waals surface area (Å²) in [5.74, 6) is 1.61. The average Bonchev–Trinajstić information content (AvgIpc) is 2.87. The smallest absolute Gasteiger partial charge is 0.0328 e. The Morgan fingerprint density at radius 2 is 1.79 bits per heavy atom. The van der Waals surface area contributed by atoms with E-state index in [0.29, 0.717) is 11.6 Å². The van der Waals surface area contributed by atoms with Crippen molar-refractivity contribution in [1.82, 2.24) is 5.32 Å². The van der Waals surface area contributed by atoms with Crippen molar-refractivity contribution in [2.24, 2.45) is 11.8 Å². The molecular formula is C18H29N. The van der Waals surface area contributed by atoms with Gasteiger partial charge in [0.15, 0.2) is 0 Å². The van der Waals surface area contributed by atoms with Crippen molar-refractivity contribution >= 4 is 0 Å². The minimum Gasteiger partial charge on any atom is -0.304 e. The molecule has 0 bridgehead atoms. The van der Waals surface area contributed by atoms with Crippen LogP contribution in [0.2, 0.25) is 0 Å². The van der Waals surface area contributed by atoms with Gasteiger partial charge >= 0.3 is 0 Å². The van der Waals surface area contributed by atoms with Crippen LogP contribution in [0.15, 0.2) is 30.3 Å². The standard InChI is InChI=1S/C18H29N/c1-5-14(4)16-13-17(15-11-9-8-10-12-15)19-18(16,6-2)7-3/h8-12,14,16-17,19H,5-7,13H2,1-4H3/t14?,16-,17-/m0/s1. The molecule has 1 fully saturated rings. The van der Waals surface area contributed by atoms with E-state index in [4.69, 9.17) is 0 Å². The fourth-order valence-electron chi connectivity index (χ4n) is 3.94. The van der Waals surface area contributed by atoms with E-state index < -0.39 is 0 Å². The molecule has 0 aromatic heterocycles. The van der Waals surface area contributed by atoms with Crippen LogP contribution in [0, 0.1) is 11.8 Å². The SMILES string of the molecule is CCC(C)[C@@H]1C[C@@H](c2ccccc2)NC1(CC)CC. The molecular weight excluding hydrogens is 230 g/mol. The van der Waals surface area contributed by atoms with Gasteiger partial charge in [-0.3, -0.25) is 0 Å². The van der Waals surface area contributed by atoms with Gasteiger partial charge in [-0.05, 0) is 36.7 Å². The molecule has 0 amide bonds. The van der Waals surface area contributed by atoms with Crippen molar-refractivity contribution in [1.29, 1.82) is 0 Å². The maximum Gasteiger partial charge on any atom is 0.0328 e. The fraction of sp³-hybridized carbons (Fsp3) is 0.667. The summed E-state index contributed by atoms with van der Waals surface area (Å²) >= 11 is 0. The summed E-state index contributed by atoms with van der Waals surface area (Å²) in [5.41, 5.74) is 1.80. The lowest BCUT2D eigenvalue weighted by atomic mass is 9.73. The fourth-order valence-corrected chi connectivity index (χ4v) is 3.94. The Hall–Kier alpha value is -0.820. The molecule has 0 radical (unpaired) electrons. The first-order valence-electron chi connectivity index (χ1n) is 7.99. The molecule has 1 aliphatic rings. The van der Waals surface area contributed by atoms with Crippen molar-refractivity contribution in [3.63, 3.8) is 0 Å². The van der Waals surface area contributed by atoms with Gasteiger partial charge in [0.1, 0.15) is 0 Å². The van der Waals surface area contributed by atoms with Crippen molar-refractivity contribution in [2.45, 2.75) is 65.0 Å². The topological polar surface area (TPSA) is 12.0 Å². The summed E-state index contributed by atoms with van der Waals surface area (Å²) in [6, 6.07) is 11.5. The Kier molecular flexibility index (Phi) is 4.67. The molecule has 1 unspecified atom stereocenters. The average molecular weight is 259 g/mol. The molecule has 1 aromatic carbocycles. The molecule has 1 nitrogen and oxygen atoms in total. The van der Waals surface area contributed by atoms with E-state index in [0.717, 1.165) is 11.8 Å². The van der Waals surface area contributed by atoms with Crippen molar-refractivity contribution < 1.29 is 0 Å². The Balaban J connectivity index is 2.25. The monoisotopic (exact) mass is 259 g/mol. The van der Waals surface area contributed by atoms with Crippen LogP contribution in [0.3, 0.4) is 0 Å². The van der Waals surface area contributed by atoms with Gasteiger partial charge in [-0.2, -0.15) is 0 Å². The molecule has 1 aromatic rings. The first-order valence-corrected chi connectivity index (χ1v) is 7.99. The van der Waals surface area contributed by atoms with Crippen LogP contribution in [-0.4, -0.2) is 5.54 Å². The van der Waals surface area contributed by atoms with E-state index in [2.05, 4.69) is 63.3 Å². The second kappa shape index (κ2) is 6.09. The van der Waals surface area contributed by atoms with Crippen LogP contribution >= 0.6 is 0 Å². The molecule has 0 aliphatic carbocycles. The first-order chi connectivity index (χ1) is 9.16. The number of rotatable bonds is 5. The van der Waals surface area contributed by atoms with Gasteiger partial charge in [0, 0.05) is 11.6 Å². The Morgan fingerprint density at radius 1 is 1.16 bits per heavy atom. The van der Waals surface area contributed by atoms with Crippen molar-refractivity contribution in [3.8, 4) is 0 Å². The second-order valence-corrected chi connectivity index (χ2v) is 6.20. The van der Waals surface area contributed by atoms with Gasteiger partial charge in [0.25, 0.3) is 0 Å². The van der Waals surface area contributed by atoms with E-state index in [1.165, 1.54) is 31.2 Å². The highest BCUT2D eigenvalue weighted by Gasteiger charge is 2.46. The van der Waals surface area contributed by atoms with Crippen LogP contribution in [0.5, 0.6) is 0 Å². The lowest BCUT2D eigenvalue weighted by molar-refractivity contribution is 0.190. The molecule has 106 valence electrons. The highest BCUT2D eigenvalue weighted by Crippen LogP contribution is 2.45. The molecule has 1 aliphatic heterocycles. The van der Waals surface area contributed by atoms with Gasteiger partial charge in [-0.15, -0.1) is 0 Å². The molecule has 2 rings (SSSR count). The molecule has 19 heavy (non-hydrogen) atoms. The van der Waals surface area contributed by atoms with Crippen molar-refractivity contribution in [2.75, 3.05) is 0 Å². The summed E-state index contributed by atoms with van der Waals surface area (Å²) in [5, 5.41) is 3.99. The van der Waals surface area contributed by atoms with E-state index in [1.54, 1.807) is 0 Å².